The molecule has 2 heterocycles. The minimum Gasteiger partial charge on any atom is -0.478 e. The molecule has 7 rings (SSSR count). The third kappa shape index (κ3) is 11.7. The molecule has 5 aromatic rings. The molecule has 0 saturated carbocycles. The number of hydrogen-bond donors (Lipinski definition) is 6. The van der Waals surface area contributed by atoms with E-state index in [2.05, 4.69) is 5.32 Å². The number of carboxylic acid groups (broad SMARTS) is 1. The highest BCUT2D eigenvalue weighted by atomic mass is 32.2. The van der Waals surface area contributed by atoms with Crippen LogP contribution in [0.1, 0.15) is 74.9 Å². The van der Waals surface area contributed by atoms with E-state index in [1.165, 1.54) is 48.5 Å². The number of anilines is 2. The summed E-state index contributed by atoms with van der Waals surface area (Å²) in [5.74, 6) is -2.68. The van der Waals surface area contributed by atoms with Crippen molar-refractivity contribution in [3.8, 4) is 0 Å². The molecule has 376 valence electrons. The first-order valence-electron chi connectivity index (χ1n) is 22.1. The van der Waals surface area contributed by atoms with Crippen LogP contribution in [-0.2, 0) is 56.1 Å². The highest BCUT2D eigenvalue weighted by Gasteiger charge is 2.46. The summed E-state index contributed by atoms with van der Waals surface area (Å²) in [7, 11) is -18.0. The largest absolute Gasteiger partial charge is 0.478 e. The molecular formula is C49H52N3O15S4+. The number of benzene rings is 5. The zero-order chi connectivity index (χ0) is 52.1. The van der Waals surface area contributed by atoms with Crippen molar-refractivity contribution in [3.05, 3.63) is 137 Å². The summed E-state index contributed by atoms with van der Waals surface area (Å²) in [6.45, 7) is 7.74. The Kier molecular flexibility index (Phi) is 14.5. The van der Waals surface area contributed by atoms with Crippen LogP contribution >= 0.6 is 0 Å². The number of rotatable bonds is 18. The van der Waals surface area contributed by atoms with Crippen molar-refractivity contribution in [2.75, 3.05) is 34.8 Å². The van der Waals surface area contributed by atoms with Crippen LogP contribution in [0.15, 0.2) is 130 Å². The van der Waals surface area contributed by atoms with E-state index in [1.807, 2.05) is 49.3 Å². The lowest BCUT2D eigenvalue weighted by molar-refractivity contribution is -0.437. The number of fused-ring (bicyclic) bond motifs is 6. The van der Waals surface area contributed by atoms with Crippen LogP contribution in [-0.4, -0.2) is 104 Å². The molecule has 22 heteroatoms. The summed E-state index contributed by atoms with van der Waals surface area (Å²) in [5, 5.41) is 14.4. The fourth-order valence-corrected chi connectivity index (χ4v) is 11.5. The zero-order valence-electron chi connectivity index (χ0n) is 38.9. The van der Waals surface area contributed by atoms with Gasteiger partial charge in [0.2, 0.25) is 11.6 Å². The van der Waals surface area contributed by atoms with Gasteiger partial charge in [-0.2, -0.15) is 38.2 Å². The lowest BCUT2D eigenvalue weighted by Gasteiger charge is -2.27. The first kappa shape index (κ1) is 52.7. The van der Waals surface area contributed by atoms with Gasteiger partial charge in [0.15, 0.2) is 5.71 Å². The van der Waals surface area contributed by atoms with Crippen molar-refractivity contribution in [2.24, 2.45) is 0 Å². The van der Waals surface area contributed by atoms with Gasteiger partial charge in [-0.1, -0.05) is 44.2 Å². The number of aromatic carboxylic acids is 1. The molecule has 6 N–H and O–H groups in total. The Morgan fingerprint density at radius 2 is 1.23 bits per heavy atom. The van der Waals surface area contributed by atoms with Crippen molar-refractivity contribution in [1.82, 2.24) is 0 Å². The number of carboxylic acids is 1. The van der Waals surface area contributed by atoms with E-state index in [-0.39, 0.29) is 54.1 Å². The lowest BCUT2D eigenvalue weighted by atomic mass is 9.79. The molecule has 0 aliphatic carbocycles. The summed E-state index contributed by atoms with van der Waals surface area (Å²) >= 11 is 0. The number of allylic oxidation sites excluding steroid dienone is 6. The van der Waals surface area contributed by atoms with E-state index in [9.17, 15) is 66.6 Å². The van der Waals surface area contributed by atoms with Crippen molar-refractivity contribution in [2.45, 2.75) is 74.0 Å². The summed E-state index contributed by atoms with van der Waals surface area (Å²) in [6.07, 6.45) is 7.10. The monoisotopic (exact) mass is 1050 g/mol. The Morgan fingerprint density at radius 1 is 0.676 bits per heavy atom. The second-order valence-electron chi connectivity index (χ2n) is 18.4. The summed E-state index contributed by atoms with van der Waals surface area (Å²) < 4.78 is 138. The SMILES string of the molecule is CC1(C)C(/C=C/C(=C/C=C2/N(CCCS(=O)(=O)O)c3ccc4ccc(S(=O)(=O)O)cc4c3C2(C)C)CCC(=O)Nc2ccc(C(=O)O)cc2)=[N+](CCCS(=O)(=O)O)c2ccc3ccc(S(=O)(=O)O)cc3c21. The van der Waals surface area contributed by atoms with E-state index in [0.29, 0.717) is 66.7 Å². The molecule has 0 fully saturated rings. The van der Waals surface area contributed by atoms with Gasteiger partial charge in [-0.3, -0.25) is 23.0 Å². The second-order valence-corrected chi connectivity index (χ2v) is 24.4. The van der Waals surface area contributed by atoms with Gasteiger partial charge in [0.25, 0.3) is 40.5 Å². The van der Waals surface area contributed by atoms with Crippen LogP contribution in [0.2, 0.25) is 0 Å². The Labute approximate surface area is 411 Å². The van der Waals surface area contributed by atoms with E-state index in [0.717, 1.165) is 0 Å². The second kappa shape index (κ2) is 19.5. The fraction of sp³-hybridized carbons (Fsp3) is 0.286. The summed E-state index contributed by atoms with van der Waals surface area (Å²) in [5.41, 5.74) is 2.89. The minimum absolute atomic E-state index is 0.0132. The average molecular weight is 1050 g/mol. The highest BCUT2D eigenvalue weighted by Crippen LogP contribution is 2.51. The quantitative estimate of drug-likeness (QED) is 0.0278. The van der Waals surface area contributed by atoms with Gasteiger partial charge in [-0.05, 0) is 126 Å². The summed E-state index contributed by atoms with van der Waals surface area (Å²) in [6, 6.07) is 21.2. The number of carbonyl (C=O) groups is 2. The molecule has 0 aromatic heterocycles. The number of nitrogens with zero attached hydrogens (tertiary/aromatic N) is 2. The van der Waals surface area contributed by atoms with Crippen LogP contribution in [0.4, 0.5) is 17.1 Å². The topological polar surface area (TPSA) is 290 Å². The van der Waals surface area contributed by atoms with E-state index >= 15 is 0 Å². The Hall–Kier alpha value is -6.11. The van der Waals surface area contributed by atoms with Gasteiger partial charge in [-0.25, -0.2) is 4.79 Å². The number of amides is 1. The molecule has 0 bridgehead atoms. The van der Waals surface area contributed by atoms with Crippen molar-refractivity contribution >= 4 is 96.7 Å². The van der Waals surface area contributed by atoms with Crippen LogP contribution in [0, 0.1) is 0 Å². The van der Waals surface area contributed by atoms with Crippen molar-refractivity contribution in [3.63, 3.8) is 0 Å². The molecule has 1 amide bonds. The van der Waals surface area contributed by atoms with Crippen molar-refractivity contribution in [1.29, 1.82) is 0 Å². The first-order valence-corrected chi connectivity index (χ1v) is 28.2. The summed E-state index contributed by atoms with van der Waals surface area (Å²) in [4.78, 5) is 26.2. The van der Waals surface area contributed by atoms with Gasteiger partial charge in [0.1, 0.15) is 6.54 Å². The van der Waals surface area contributed by atoms with E-state index in [1.54, 1.807) is 48.6 Å². The van der Waals surface area contributed by atoms with Crippen molar-refractivity contribution < 1.29 is 71.2 Å². The predicted molar refractivity (Wildman–Crippen MR) is 269 cm³/mol. The molecule has 0 spiro atoms. The molecule has 0 atom stereocenters. The smallest absolute Gasteiger partial charge is 0.335 e. The molecule has 2 aliphatic rings. The first-order chi connectivity index (χ1) is 33.0. The Morgan fingerprint density at radius 3 is 1.79 bits per heavy atom. The molecule has 18 nitrogen and oxygen atoms in total. The number of hydrogen-bond acceptors (Lipinski definition) is 11. The van der Waals surface area contributed by atoms with E-state index < -0.39 is 74.7 Å². The molecule has 2 aliphatic heterocycles. The van der Waals surface area contributed by atoms with Crippen LogP contribution in [0.5, 0.6) is 0 Å². The fourth-order valence-electron chi connectivity index (χ4n) is 9.51. The third-order valence-corrected chi connectivity index (χ3v) is 16.1. The van der Waals surface area contributed by atoms with E-state index in [4.69, 9.17) is 0 Å². The predicted octanol–water partition coefficient (Wildman–Crippen LogP) is 7.70. The van der Waals surface area contributed by atoms with Gasteiger partial charge in [0, 0.05) is 59.6 Å². The maximum absolute atomic E-state index is 13.5. The number of nitrogens with one attached hydrogen (secondary N) is 1. The molecule has 0 saturated heterocycles. The lowest BCUT2D eigenvalue weighted by Crippen LogP contribution is -2.28. The average Bonchev–Trinajstić information content (AvgIpc) is 3.62. The van der Waals surface area contributed by atoms with Crippen LogP contribution < -0.4 is 10.2 Å². The Bertz CT molecular complexity index is 3620. The standard InChI is InChI=1S/C49H51N3O15S4/c1-48(2)42(51(25-5-27-68(56,57)58)40-20-14-32-12-18-36(70(62,63)64)29-38(32)45(40)48)22-7-31(9-24-44(53)50-35-16-10-34(11-17-35)47(54)55)8-23-43-49(3,4)46-39-30-37(71(65,66)67)19-13-33(39)15-21-41(46)52(43)26-6-28-69(59,60)61/h7-8,10-23,29-30H,5-6,9,24-28H2,1-4H3,(H5-,50,53,54,55,56,57,58,59,60,61,62,63,64,65,66,67)/p+1. The third-order valence-electron chi connectivity index (χ3n) is 12.8. The normalized spacial score (nSPS) is 16.6. The zero-order valence-corrected chi connectivity index (χ0v) is 42.2. The highest BCUT2D eigenvalue weighted by molar-refractivity contribution is 7.86. The maximum Gasteiger partial charge on any atom is 0.335 e. The number of carbonyl (C=O) groups excluding carboxylic acids is 1. The van der Waals surface area contributed by atoms with Gasteiger partial charge < -0.3 is 15.3 Å². The van der Waals surface area contributed by atoms with Gasteiger partial charge in [-0.15, -0.1) is 0 Å². The van der Waals surface area contributed by atoms with Gasteiger partial charge in [0.05, 0.1) is 32.3 Å². The van der Waals surface area contributed by atoms with Gasteiger partial charge >= 0.3 is 5.97 Å². The molecule has 71 heavy (non-hydrogen) atoms. The molecular weight excluding hydrogens is 999 g/mol. The van der Waals surface area contributed by atoms with Crippen LogP contribution in [0.25, 0.3) is 21.5 Å². The van der Waals surface area contributed by atoms with Crippen LogP contribution in [0.3, 0.4) is 0 Å². The minimum atomic E-state index is -4.61. The molecule has 0 radical (unpaired) electrons. The Balaban J connectivity index is 1.37. The maximum atomic E-state index is 13.5. The molecule has 5 aromatic carbocycles. The molecule has 0 unspecified atom stereocenters.